The second kappa shape index (κ2) is 3.21. The van der Waals surface area contributed by atoms with Crippen LogP contribution in [-0.2, 0) is 4.79 Å². The maximum atomic E-state index is 9.48. The molecule has 1 N–H and O–H groups in total. The van der Waals surface area contributed by atoms with Crippen molar-refractivity contribution in [2.75, 3.05) is 0 Å². The summed E-state index contributed by atoms with van der Waals surface area (Å²) in [4.78, 5) is 9.48. The van der Waals surface area contributed by atoms with Crippen molar-refractivity contribution in [3.63, 3.8) is 0 Å². The number of aldehydes is 1. The molecule has 0 aromatic carbocycles. The largest absolute Gasteiger partial charge is 0.515 e. The van der Waals surface area contributed by atoms with Gasteiger partial charge in [-0.15, -0.1) is 0 Å². The highest BCUT2D eigenvalue weighted by Crippen LogP contribution is 1.49. The summed E-state index contributed by atoms with van der Waals surface area (Å²) in [5, 5.41) is 3.56. The van der Waals surface area contributed by atoms with Crippen LogP contribution in [0.15, 0.2) is 12.3 Å². The maximum Gasteiger partial charge on any atom is 0.292 e. The van der Waals surface area contributed by atoms with Crippen molar-refractivity contribution in [3.05, 3.63) is 12.3 Å². The standard InChI is InChI=1S/C3H4O2/c4-2-1-3-5/h1-4H/b2-1+/i1D/hD. The van der Waals surface area contributed by atoms with Gasteiger partial charge in [-0.1, -0.05) is 0 Å². The molecule has 0 spiro atoms. The molecule has 5 heavy (non-hydrogen) atoms. The van der Waals surface area contributed by atoms with Crippen molar-refractivity contribution in [2.24, 2.45) is 0 Å². The number of allylic oxidation sites excluding steroid dienone is 1. The van der Waals surface area contributed by atoms with Crippen molar-refractivity contribution >= 4 is 6.29 Å². The number of rotatable bonds is 2. The SMILES string of the molecule is [2H]O/C=C(\[2H])C=O. The normalized spacial score (nSPS) is 15.6. The Morgan fingerprint density at radius 2 is 3.00 bits per heavy atom. The molecular weight excluding hydrogens is 68.0 g/mol. The molecule has 0 heterocycles. The molecule has 0 saturated heterocycles. The van der Waals surface area contributed by atoms with Gasteiger partial charge in [0.15, 0.2) is 0 Å². The Morgan fingerprint density at radius 3 is 3.20 bits per heavy atom. The number of hydrogen-bond acceptors (Lipinski definition) is 2. The van der Waals surface area contributed by atoms with E-state index in [1.807, 2.05) is 0 Å². The van der Waals surface area contributed by atoms with Crippen molar-refractivity contribution < 1.29 is 11.3 Å². The molecule has 0 aliphatic heterocycles. The Balaban J connectivity index is 3.49. The molecule has 0 bridgehead atoms. The topological polar surface area (TPSA) is 37.3 Å². The minimum atomic E-state index is -0.338. The van der Waals surface area contributed by atoms with Gasteiger partial charge in [0.25, 0.3) is 1.43 Å². The predicted molar refractivity (Wildman–Crippen MR) is 17.8 cm³/mol. The van der Waals surface area contributed by atoms with Gasteiger partial charge in [-0.3, -0.25) is 4.79 Å². The van der Waals surface area contributed by atoms with E-state index in [0.717, 1.165) is 6.26 Å². The number of hydrogen-bond donors (Lipinski definition) is 1. The second-order valence-corrected chi connectivity index (χ2v) is 0.402. The Bertz CT molecular complexity index is 88.9. The minimum Gasteiger partial charge on any atom is -0.515 e. The third-order valence-corrected chi connectivity index (χ3v) is 0.136. The van der Waals surface area contributed by atoms with E-state index >= 15 is 0 Å². The van der Waals surface area contributed by atoms with E-state index in [-0.39, 0.29) is 12.3 Å². The summed E-state index contributed by atoms with van der Waals surface area (Å²) in [6.45, 7) is 0. The molecule has 2 heteroatoms. The van der Waals surface area contributed by atoms with Crippen LogP contribution >= 0.6 is 0 Å². The van der Waals surface area contributed by atoms with Gasteiger partial charge in [-0.2, -0.15) is 0 Å². The number of carbonyl (C=O) groups excluding carboxylic acids is 1. The number of carbonyl (C=O) groups is 1. The summed E-state index contributed by atoms with van der Waals surface area (Å²) in [6, 6.07) is -0.338. The van der Waals surface area contributed by atoms with Crippen LogP contribution in [0, 0.1) is 0 Å². The Hall–Kier alpha value is -0.790. The quantitative estimate of drug-likeness (QED) is 0.290. The summed E-state index contributed by atoms with van der Waals surface area (Å²) < 4.78 is 12.4. The molecule has 2 nitrogen and oxygen atoms in total. The Labute approximate surface area is 32.6 Å². The van der Waals surface area contributed by atoms with E-state index < -0.39 is 0 Å². The van der Waals surface area contributed by atoms with E-state index in [1.54, 1.807) is 0 Å². The van der Waals surface area contributed by atoms with Crippen LogP contribution in [0.4, 0.5) is 0 Å². The zero-order valence-electron chi connectivity index (χ0n) is 4.47. The fourth-order valence-corrected chi connectivity index (χ4v) is 0.0278. The molecule has 0 rings (SSSR count). The lowest BCUT2D eigenvalue weighted by Crippen LogP contribution is -1.53. The van der Waals surface area contributed by atoms with Crippen LogP contribution in [0.25, 0.3) is 1.43 Å². The fourth-order valence-electron chi connectivity index (χ4n) is 0.0278. The van der Waals surface area contributed by atoms with Gasteiger partial charge in [-0.05, 0) is 0 Å². The van der Waals surface area contributed by atoms with E-state index in [1.165, 1.54) is 0 Å². The Morgan fingerprint density at radius 1 is 2.20 bits per heavy atom. The molecule has 0 aromatic heterocycles. The highest BCUT2D eigenvalue weighted by Gasteiger charge is 1.50. The lowest BCUT2D eigenvalue weighted by atomic mass is 10.7. The second-order valence-electron chi connectivity index (χ2n) is 0.402. The summed E-state index contributed by atoms with van der Waals surface area (Å²) in [7, 11) is 0. The van der Waals surface area contributed by atoms with Crippen molar-refractivity contribution in [3.8, 4) is 0 Å². The first-order chi connectivity index (χ1) is 3.31. The van der Waals surface area contributed by atoms with Gasteiger partial charge >= 0.3 is 0 Å². The molecule has 28 valence electrons. The van der Waals surface area contributed by atoms with E-state index in [2.05, 4.69) is 5.11 Å². The molecule has 0 fully saturated rings. The highest BCUT2D eigenvalue weighted by atomic mass is 16.2. The van der Waals surface area contributed by atoms with E-state index in [9.17, 15) is 4.79 Å². The number of aliphatic hydroxyl groups is 1. The van der Waals surface area contributed by atoms with Gasteiger partial charge < -0.3 is 5.11 Å². The van der Waals surface area contributed by atoms with Crippen LogP contribution in [0.3, 0.4) is 0 Å². The predicted octanol–water partition coefficient (Wildman–Crippen LogP) is 0.257. The molecule has 0 radical (unpaired) electrons. The van der Waals surface area contributed by atoms with Crippen molar-refractivity contribution in [1.82, 2.24) is 0 Å². The molecule has 0 unspecified atom stereocenters. The van der Waals surface area contributed by atoms with E-state index in [4.69, 9.17) is 2.80 Å². The van der Waals surface area contributed by atoms with Crippen LogP contribution in [0.2, 0.25) is 0 Å². The zero-order chi connectivity index (χ0) is 5.70. The zero-order valence-corrected chi connectivity index (χ0v) is 2.47. The first-order valence-electron chi connectivity index (χ1n) is 1.96. The average molecular weight is 74.1 g/mol. The van der Waals surface area contributed by atoms with Gasteiger partial charge in [0, 0.05) is 6.05 Å². The number of aliphatic hydroxyl groups excluding tert-OH is 1. The summed E-state index contributed by atoms with van der Waals surface area (Å²) in [5.74, 6) is 0. The van der Waals surface area contributed by atoms with Crippen LogP contribution in [-0.4, -0.2) is 11.4 Å². The molecule has 0 atom stereocenters. The molecule has 0 aliphatic rings. The fraction of sp³-hybridized carbons (Fsp3) is 0. The summed E-state index contributed by atoms with van der Waals surface area (Å²) in [6.07, 6.45) is 1.02. The van der Waals surface area contributed by atoms with E-state index in [0.29, 0.717) is 0 Å². The van der Waals surface area contributed by atoms with Crippen molar-refractivity contribution in [2.45, 2.75) is 0 Å². The van der Waals surface area contributed by atoms with Crippen molar-refractivity contribution in [1.29, 1.82) is 1.43 Å². The van der Waals surface area contributed by atoms with Gasteiger partial charge in [-0.25, -0.2) is 0 Å². The third kappa shape index (κ3) is 3.21. The molecule has 0 aliphatic carbocycles. The Kier molecular flexibility index (Phi) is 1.03. The molecule has 0 saturated carbocycles. The smallest absolute Gasteiger partial charge is 0.292 e. The molecule has 0 amide bonds. The van der Waals surface area contributed by atoms with Gasteiger partial charge in [0.2, 0.25) is 0 Å². The van der Waals surface area contributed by atoms with Gasteiger partial charge in [0.1, 0.15) is 6.29 Å². The average Bonchev–Trinajstić information content (AvgIpc) is 1.68. The van der Waals surface area contributed by atoms with Crippen LogP contribution in [0.1, 0.15) is 1.37 Å². The van der Waals surface area contributed by atoms with Gasteiger partial charge in [0.05, 0.1) is 7.63 Å². The third-order valence-electron chi connectivity index (χ3n) is 0.136. The summed E-state index contributed by atoms with van der Waals surface area (Å²) >= 11 is 0. The summed E-state index contributed by atoms with van der Waals surface area (Å²) in [5.41, 5.74) is 0. The lowest BCUT2D eigenvalue weighted by molar-refractivity contribution is -0.104. The first kappa shape index (κ1) is 1.60. The highest BCUT2D eigenvalue weighted by molar-refractivity contribution is 5.63. The monoisotopic (exact) mass is 74.0 g/mol. The first-order valence-corrected chi connectivity index (χ1v) is 1.05. The van der Waals surface area contributed by atoms with Crippen LogP contribution < -0.4 is 0 Å². The van der Waals surface area contributed by atoms with Crippen LogP contribution in [0.5, 0.6) is 0 Å². The molecular formula is C3H4O2. The maximum absolute atomic E-state index is 9.48. The molecule has 0 aromatic rings. The minimum absolute atomic E-state index is 0.286. The lowest BCUT2D eigenvalue weighted by Gasteiger charge is -1.54.